The van der Waals surface area contributed by atoms with Crippen LogP contribution in [0.4, 0.5) is 0 Å². The molecule has 0 atom stereocenters. The lowest BCUT2D eigenvalue weighted by Gasteiger charge is -2.42. The Morgan fingerprint density at radius 2 is 1.25 bits per heavy atom. The molecule has 0 unspecified atom stereocenters. The highest BCUT2D eigenvalue weighted by Crippen LogP contribution is 2.43. The van der Waals surface area contributed by atoms with Crippen LogP contribution in [0.1, 0.15) is 62.3 Å². The second-order valence-electron chi connectivity index (χ2n) is 9.73. The van der Waals surface area contributed by atoms with E-state index in [1.807, 2.05) is 39.0 Å². The van der Waals surface area contributed by atoms with Crippen LogP contribution in [-0.2, 0) is 4.79 Å². The molecule has 0 N–H and O–H groups in total. The average Bonchev–Trinajstić information content (AvgIpc) is 2.57. The fraction of sp³-hybridized carbons (Fsp3) is 0.542. The van der Waals surface area contributed by atoms with Crippen molar-refractivity contribution in [2.75, 3.05) is 0 Å². The van der Waals surface area contributed by atoms with Crippen LogP contribution in [0.15, 0.2) is 36.4 Å². The first-order chi connectivity index (χ1) is 12.9. The van der Waals surface area contributed by atoms with E-state index in [2.05, 4.69) is 59.7 Å². The molecule has 2 aromatic rings. The number of hydrogen-bond acceptors (Lipinski definition) is 3. The number of carbonyl (C=O) groups excluding carboxylic acids is 1. The molecule has 0 saturated heterocycles. The zero-order chi connectivity index (χ0) is 21.3. The fourth-order valence-corrected chi connectivity index (χ4v) is 9.39. The van der Waals surface area contributed by atoms with E-state index in [9.17, 15) is 4.79 Å². The molecule has 0 bridgehead atoms. The van der Waals surface area contributed by atoms with Crippen LogP contribution in [0.25, 0.3) is 10.8 Å². The topological polar surface area (TPSA) is 35.5 Å². The molecule has 154 valence electrons. The van der Waals surface area contributed by atoms with E-state index >= 15 is 0 Å². The standard InChI is InChI=1S/C24H36O3Si/c1-16(2)28(17(3)4,18(5)6)27-22-13-11-19-10-12-21(14-20(19)15-22)26-23(25)24(7,8)9/h10-18H,1-9H3. The number of hydrogen-bond donors (Lipinski definition) is 0. The molecule has 0 saturated carbocycles. The minimum atomic E-state index is -2.01. The second kappa shape index (κ2) is 8.28. The lowest BCUT2D eigenvalue weighted by Crippen LogP contribution is -2.50. The minimum absolute atomic E-state index is 0.231. The van der Waals surface area contributed by atoms with Crippen molar-refractivity contribution in [1.82, 2.24) is 0 Å². The Labute approximate surface area is 171 Å². The van der Waals surface area contributed by atoms with Crippen molar-refractivity contribution in [1.29, 1.82) is 0 Å². The molecule has 0 fully saturated rings. The first-order valence-electron chi connectivity index (χ1n) is 10.3. The molecule has 0 spiro atoms. The van der Waals surface area contributed by atoms with Gasteiger partial charge >= 0.3 is 5.97 Å². The third-order valence-corrected chi connectivity index (χ3v) is 11.6. The number of esters is 1. The number of fused-ring (bicyclic) bond motifs is 1. The molecule has 0 aliphatic carbocycles. The van der Waals surface area contributed by atoms with Crippen LogP contribution in [0.3, 0.4) is 0 Å². The normalized spacial score (nSPS) is 12.9. The third-order valence-electron chi connectivity index (χ3n) is 5.61. The van der Waals surface area contributed by atoms with E-state index in [1.54, 1.807) is 0 Å². The van der Waals surface area contributed by atoms with Gasteiger partial charge in [0, 0.05) is 0 Å². The van der Waals surface area contributed by atoms with Gasteiger partial charge in [0.05, 0.1) is 5.41 Å². The lowest BCUT2D eigenvalue weighted by molar-refractivity contribution is -0.142. The molecule has 0 amide bonds. The molecule has 3 nitrogen and oxygen atoms in total. The summed E-state index contributed by atoms with van der Waals surface area (Å²) >= 11 is 0. The third kappa shape index (κ3) is 4.60. The largest absolute Gasteiger partial charge is 0.543 e. The summed E-state index contributed by atoms with van der Waals surface area (Å²) in [5.74, 6) is 1.25. The van der Waals surface area contributed by atoms with Gasteiger partial charge < -0.3 is 9.16 Å². The monoisotopic (exact) mass is 400 g/mol. The summed E-state index contributed by atoms with van der Waals surface area (Å²) in [6.45, 7) is 19.3. The van der Waals surface area contributed by atoms with Gasteiger partial charge in [-0.25, -0.2) is 0 Å². The van der Waals surface area contributed by atoms with Crippen LogP contribution in [0.2, 0.25) is 16.6 Å². The van der Waals surface area contributed by atoms with Gasteiger partial charge in [0.25, 0.3) is 8.32 Å². The summed E-state index contributed by atoms with van der Waals surface area (Å²) in [6.07, 6.45) is 0. The predicted octanol–water partition coefficient (Wildman–Crippen LogP) is 7.35. The van der Waals surface area contributed by atoms with E-state index in [0.717, 1.165) is 16.5 Å². The minimum Gasteiger partial charge on any atom is -0.543 e. The smallest absolute Gasteiger partial charge is 0.316 e. The zero-order valence-electron chi connectivity index (χ0n) is 18.9. The van der Waals surface area contributed by atoms with Crippen LogP contribution in [-0.4, -0.2) is 14.3 Å². The Kier molecular flexibility index (Phi) is 6.65. The SMILES string of the molecule is CC(C)[Si](Oc1ccc2ccc(OC(=O)C(C)(C)C)cc2c1)(C(C)C)C(C)C. The molecule has 2 aromatic carbocycles. The lowest BCUT2D eigenvalue weighted by atomic mass is 9.97. The van der Waals surface area contributed by atoms with Gasteiger partial charge in [-0.15, -0.1) is 0 Å². The van der Waals surface area contributed by atoms with Crippen molar-refractivity contribution in [2.24, 2.45) is 5.41 Å². The molecule has 0 heterocycles. The van der Waals surface area contributed by atoms with Crippen LogP contribution >= 0.6 is 0 Å². The van der Waals surface area contributed by atoms with Crippen LogP contribution < -0.4 is 9.16 Å². The van der Waals surface area contributed by atoms with Crippen molar-refractivity contribution in [2.45, 2.75) is 78.9 Å². The number of carbonyl (C=O) groups is 1. The van der Waals surface area contributed by atoms with E-state index in [4.69, 9.17) is 9.16 Å². The molecule has 0 aliphatic rings. The van der Waals surface area contributed by atoms with Gasteiger partial charge in [0.15, 0.2) is 0 Å². The summed E-state index contributed by atoms with van der Waals surface area (Å²) in [5, 5.41) is 2.13. The summed E-state index contributed by atoms with van der Waals surface area (Å²) in [7, 11) is -2.01. The first-order valence-corrected chi connectivity index (χ1v) is 12.5. The van der Waals surface area contributed by atoms with Crippen molar-refractivity contribution in [3.05, 3.63) is 36.4 Å². The molecular weight excluding hydrogens is 364 g/mol. The van der Waals surface area contributed by atoms with Gasteiger partial charge in [0.1, 0.15) is 11.5 Å². The number of rotatable bonds is 6. The molecule has 2 rings (SSSR count). The molecular formula is C24H36O3Si. The summed E-state index contributed by atoms with van der Waals surface area (Å²) < 4.78 is 12.4. The highest BCUT2D eigenvalue weighted by atomic mass is 28.4. The Morgan fingerprint density at radius 1 is 0.786 bits per heavy atom. The Bertz CT molecular complexity index is 810. The van der Waals surface area contributed by atoms with Crippen molar-refractivity contribution < 1.29 is 14.0 Å². The molecule has 0 radical (unpaired) electrons. The van der Waals surface area contributed by atoms with E-state index in [1.165, 1.54) is 0 Å². The summed E-state index contributed by atoms with van der Waals surface area (Å²) in [5.41, 5.74) is 1.02. The predicted molar refractivity (Wildman–Crippen MR) is 121 cm³/mol. The zero-order valence-corrected chi connectivity index (χ0v) is 19.9. The number of benzene rings is 2. The maximum atomic E-state index is 12.2. The van der Waals surface area contributed by atoms with Crippen LogP contribution in [0, 0.1) is 5.41 Å². The van der Waals surface area contributed by atoms with E-state index < -0.39 is 13.7 Å². The maximum absolute atomic E-state index is 12.2. The Balaban J connectivity index is 2.40. The van der Waals surface area contributed by atoms with Gasteiger partial charge in [-0.2, -0.15) is 0 Å². The Morgan fingerprint density at radius 3 is 1.71 bits per heavy atom. The highest BCUT2D eigenvalue weighted by Gasteiger charge is 2.47. The Hall–Kier alpha value is -1.81. The summed E-state index contributed by atoms with van der Waals surface area (Å²) in [4.78, 5) is 12.2. The van der Waals surface area contributed by atoms with Gasteiger partial charge in [-0.05, 0) is 72.4 Å². The average molecular weight is 401 g/mol. The van der Waals surface area contributed by atoms with E-state index in [-0.39, 0.29) is 5.97 Å². The molecule has 0 aromatic heterocycles. The maximum Gasteiger partial charge on any atom is 0.316 e. The molecule has 4 heteroatoms. The van der Waals surface area contributed by atoms with Crippen molar-refractivity contribution in [3.8, 4) is 11.5 Å². The van der Waals surface area contributed by atoms with Crippen molar-refractivity contribution in [3.63, 3.8) is 0 Å². The van der Waals surface area contributed by atoms with Gasteiger partial charge in [-0.3, -0.25) is 4.79 Å². The second-order valence-corrected chi connectivity index (χ2v) is 15.1. The first kappa shape index (κ1) is 22.5. The highest BCUT2D eigenvalue weighted by molar-refractivity contribution is 6.78. The quantitative estimate of drug-likeness (QED) is 0.289. The molecule has 0 aliphatic heterocycles. The van der Waals surface area contributed by atoms with E-state index in [0.29, 0.717) is 22.4 Å². The number of ether oxygens (including phenoxy) is 1. The molecule has 28 heavy (non-hydrogen) atoms. The van der Waals surface area contributed by atoms with Crippen LogP contribution in [0.5, 0.6) is 11.5 Å². The fourth-order valence-electron chi connectivity index (χ4n) is 4.15. The summed E-state index contributed by atoms with van der Waals surface area (Å²) in [6, 6.07) is 12.0. The van der Waals surface area contributed by atoms with Gasteiger partial charge in [0.2, 0.25) is 0 Å². The van der Waals surface area contributed by atoms with Crippen molar-refractivity contribution >= 4 is 25.1 Å². The van der Waals surface area contributed by atoms with Gasteiger partial charge in [-0.1, -0.05) is 53.7 Å².